The minimum absolute atomic E-state index is 0.0798. The zero-order valence-corrected chi connectivity index (χ0v) is 9.37. The minimum atomic E-state index is -3.31. The van der Waals surface area contributed by atoms with Crippen LogP contribution in [0.4, 0.5) is 4.39 Å². The van der Waals surface area contributed by atoms with Gasteiger partial charge in [-0.3, -0.25) is 4.79 Å². The van der Waals surface area contributed by atoms with Gasteiger partial charge < -0.3 is 5.11 Å². The zero-order valence-electron chi connectivity index (χ0n) is 8.55. The van der Waals surface area contributed by atoms with Gasteiger partial charge in [-0.2, -0.15) is 0 Å². The number of aliphatic hydroxyl groups excluding tert-OH is 1. The standard InChI is InChI=1S/C10H11FO4S/c1-16(14,15)8-4-2-7(3-5-8)10(13)9(12)6-11/h2-5,10,13H,6H2,1H3/t10-/m1/s1. The Bertz CT molecular complexity index is 478. The van der Waals surface area contributed by atoms with Crippen molar-refractivity contribution in [1.29, 1.82) is 0 Å². The Labute approximate surface area is 92.6 Å². The van der Waals surface area contributed by atoms with E-state index in [1.807, 2.05) is 0 Å². The Morgan fingerprint density at radius 1 is 1.38 bits per heavy atom. The molecular weight excluding hydrogens is 235 g/mol. The second-order valence-corrected chi connectivity index (χ2v) is 5.36. The molecule has 1 N–H and O–H groups in total. The molecule has 0 aromatic heterocycles. The molecule has 0 fully saturated rings. The maximum absolute atomic E-state index is 12.0. The topological polar surface area (TPSA) is 71.4 Å². The van der Waals surface area contributed by atoms with Gasteiger partial charge in [0.05, 0.1) is 4.90 Å². The molecule has 0 amide bonds. The largest absolute Gasteiger partial charge is 0.380 e. The van der Waals surface area contributed by atoms with Crippen molar-refractivity contribution in [2.75, 3.05) is 12.9 Å². The van der Waals surface area contributed by atoms with Gasteiger partial charge in [-0.15, -0.1) is 0 Å². The van der Waals surface area contributed by atoms with Crippen LogP contribution in [0.5, 0.6) is 0 Å². The average Bonchev–Trinajstić information content (AvgIpc) is 2.26. The van der Waals surface area contributed by atoms with E-state index in [0.717, 1.165) is 6.26 Å². The molecule has 88 valence electrons. The van der Waals surface area contributed by atoms with E-state index in [1.165, 1.54) is 24.3 Å². The molecule has 0 radical (unpaired) electrons. The number of benzene rings is 1. The molecule has 0 saturated carbocycles. The Morgan fingerprint density at radius 2 is 1.88 bits per heavy atom. The van der Waals surface area contributed by atoms with E-state index in [-0.39, 0.29) is 10.5 Å². The van der Waals surface area contributed by atoms with Crippen molar-refractivity contribution < 1.29 is 22.7 Å². The number of alkyl halides is 1. The van der Waals surface area contributed by atoms with Crippen molar-refractivity contribution in [3.8, 4) is 0 Å². The summed E-state index contributed by atoms with van der Waals surface area (Å²) in [7, 11) is -3.31. The van der Waals surface area contributed by atoms with E-state index in [2.05, 4.69) is 0 Å². The first-order valence-electron chi connectivity index (χ1n) is 4.43. The number of aliphatic hydroxyl groups is 1. The molecule has 0 aliphatic rings. The highest BCUT2D eigenvalue weighted by molar-refractivity contribution is 7.90. The second kappa shape index (κ2) is 4.71. The Balaban J connectivity index is 3.00. The first-order valence-corrected chi connectivity index (χ1v) is 6.32. The van der Waals surface area contributed by atoms with Gasteiger partial charge in [0.1, 0.15) is 6.10 Å². The molecule has 1 aromatic rings. The summed E-state index contributed by atoms with van der Waals surface area (Å²) < 4.78 is 34.2. The number of hydrogen-bond acceptors (Lipinski definition) is 4. The minimum Gasteiger partial charge on any atom is -0.380 e. The lowest BCUT2D eigenvalue weighted by Gasteiger charge is -2.08. The SMILES string of the molecule is CS(=O)(=O)c1ccc([C@@H](O)C(=O)CF)cc1. The Hall–Kier alpha value is -1.27. The number of ketones is 1. The van der Waals surface area contributed by atoms with E-state index in [4.69, 9.17) is 0 Å². The highest BCUT2D eigenvalue weighted by Gasteiger charge is 2.17. The van der Waals surface area contributed by atoms with Gasteiger partial charge in [0.25, 0.3) is 0 Å². The van der Waals surface area contributed by atoms with Crippen LogP contribution < -0.4 is 0 Å². The van der Waals surface area contributed by atoms with Crippen LogP contribution in [0.1, 0.15) is 11.7 Å². The fraction of sp³-hybridized carbons (Fsp3) is 0.300. The molecule has 1 rings (SSSR count). The first-order chi connectivity index (χ1) is 7.36. The fourth-order valence-electron chi connectivity index (χ4n) is 1.16. The quantitative estimate of drug-likeness (QED) is 0.847. The molecular formula is C10H11FO4S. The number of carbonyl (C=O) groups is 1. The highest BCUT2D eigenvalue weighted by atomic mass is 32.2. The van der Waals surface area contributed by atoms with Crippen LogP contribution >= 0.6 is 0 Å². The number of rotatable bonds is 4. The van der Waals surface area contributed by atoms with Gasteiger partial charge in [0.15, 0.2) is 22.3 Å². The normalized spacial score (nSPS) is 13.4. The number of Topliss-reactive ketones (excluding diaryl/α,β-unsaturated/α-hetero) is 1. The predicted octanol–water partition coefficient (Wildman–Crippen LogP) is 0.662. The molecule has 0 saturated heterocycles. The molecule has 1 atom stereocenters. The summed E-state index contributed by atoms with van der Waals surface area (Å²) in [6, 6.07) is 5.10. The molecule has 0 unspecified atom stereocenters. The van der Waals surface area contributed by atoms with E-state index < -0.39 is 28.4 Å². The van der Waals surface area contributed by atoms with Crippen LogP contribution in [0, 0.1) is 0 Å². The van der Waals surface area contributed by atoms with E-state index in [9.17, 15) is 22.7 Å². The van der Waals surface area contributed by atoms with Crippen molar-refractivity contribution in [2.45, 2.75) is 11.0 Å². The summed E-state index contributed by atoms with van der Waals surface area (Å²) in [5.74, 6) is -0.952. The van der Waals surface area contributed by atoms with Crippen molar-refractivity contribution >= 4 is 15.6 Å². The average molecular weight is 246 g/mol. The number of carbonyl (C=O) groups excluding carboxylic acids is 1. The van der Waals surface area contributed by atoms with Crippen LogP contribution in [-0.4, -0.2) is 32.2 Å². The summed E-state index contributed by atoms with van der Waals surface area (Å²) in [6.07, 6.45) is -0.496. The summed E-state index contributed by atoms with van der Waals surface area (Å²) in [4.78, 5) is 10.9. The maximum Gasteiger partial charge on any atom is 0.196 e. The molecule has 4 nitrogen and oxygen atoms in total. The van der Waals surface area contributed by atoms with Crippen LogP contribution in [0.3, 0.4) is 0 Å². The van der Waals surface area contributed by atoms with Crippen LogP contribution in [-0.2, 0) is 14.6 Å². The Kier molecular flexibility index (Phi) is 3.77. The molecule has 1 aromatic carbocycles. The van der Waals surface area contributed by atoms with Crippen molar-refractivity contribution in [1.82, 2.24) is 0 Å². The van der Waals surface area contributed by atoms with Crippen LogP contribution in [0.15, 0.2) is 29.2 Å². The summed E-state index contributed by atoms with van der Waals surface area (Å²) in [6.45, 7) is -1.25. The van der Waals surface area contributed by atoms with Crippen molar-refractivity contribution in [3.63, 3.8) is 0 Å². The molecule has 0 aliphatic carbocycles. The van der Waals surface area contributed by atoms with Gasteiger partial charge in [-0.25, -0.2) is 12.8 Å². The lowest BCUT2D eigenvalue weighted by molar-refractivity contribution is -0.128. The first kappa shape index (κ1) is 12.8. The predicted molar refractivity (Wildman–Crippen MR) is 55.5 cm³/mol. The Morgan fingerprint density at radius 3 is 2.25 bits per heavy atom. The van der Waals surface area contributed by atoms with Gasteiger partial charge in [-0.05, 0) is 17.7 Å². The molecule has 0 heterocycles. The van der Waals surface area contributed by atoms with Crippen LogP contribution in [0.2, 0.25) is 0 Å². The smallest absolute Gasteiger partial charge is 0.196 e. The number of sulfone groups is 1. The van der Waals surface area contributed by atoms with E-state index >= 15 is 0 Å². The number of hydrogen-bond donors (Lipinski definition) is 1. The van der Waals surface area contributed by atoms with Gasteiger partial charge in [0, 0.05) is 6.26 Å². The molecule has 6 heteroatoms. The van der Waals surface area contributed by atoms with E-state index in [0.29, 0.717) is 0 Å². The fourth-order valence-corrected chi connectivity index (χ4v) is 1.79. The molecule has 0 spiro atoms. The second-order valence-electron chi connectivity index (χ2n) is 3.34. The third kappa shape index (κ3) is 2.86. The van der Waals surface area contributed by atoms with Gasteiger partial charge >= 0.3 is 0 Å². The number of halogens is 1. The van der Waals surface area contributed by atoms with Crippen molar-refractivity contribution in [3.05, 3.63) is 29.8 Å². The van der Waals surface area contributed by atoms with Gasteiger partial charge in [0.2, 0.25) is 0 Å². The van der Waals surface area contributed by atoms with Crippen molar-refractivity contribution in [2.24, 2.45) is 0 Å². The zero-order chi connectivity index (χ0) is 12.3. The summed E-state index contributed by atoms with van der Waals surface area (Å²) >= 11 is 0. The van der Waals surface area contributed by atoms with E-state index in [1.54, 1.807) is 0 Å². The molecule has 0 bridgehead atoms. The summed E-state index contributed by atoms with van der Waals surface area (Å²) in [5.41, 5.74) is 0.176. The summed E-state index contributed by atoms with van der Waals surface area (Å²) in [5, 5.41) is 9.34. The molecule has 0 aliphatic heterocycles. The maximum atomic E-state index is 12.0. The van der Waals surface area contributed by atoms with Gasteiger partial charge in [-0.1, -0.05) is 12.1 Å². The molecule has 16 heavy (non-hydrogen) atoms. The monoisotopic (exact) mass is 246 g/mol. The highest BCUT2D eigenvalue weighted by Crippen LogP contribution is 2.17. The third-order valence-corrected chi connectivity index (χ3v) is 3.19. The third-order valence-electron chi connectivity index (χ3n) is 2.06. The van der Waals surface area contributed by atoms with Crippen LogP contribution in [0.25, 0.3) is 0 Å². The lowest BCUT2D eigenvalue weighted by atomic mass is 10.1. The lowest BCUT2D eigenvalue weighted by Crippen LogP contribution is -2.13.